The van der Waals surface area contributed by atoms with Gasteiger partial charge < -0.3 is 14.2 Å². The second-order valence-corrected chi connectivity index (χ2v) is 4.80. The van der Waals surface area contributed by atoms with Gasteiger partial charge in [0.1, 0.15) is 12.2 Å². The van der Waals surface area contributed by atoms with Gasteiger partial charge in [-0.15, -0.1) is 0 Å². The van der Waals surface area contributed by atoms with Crippen LogP contribution in [0, 0.1) is 0 Å². The van der Waals surface area contributed by atoms with Crippen molar-refractivity contribution in [2.45, 2.75) is 57.8 Å². The molecule has 1 aliphatic carbocycles. The van der Waals surface area contributed by atoms with Crippen molar-refractivity contribution in [1.29, 1.82) is 0 Å². The smallest absolute Gasteiger partial charge is 0.333 e. The van der Waals surface area contributed by atoms with E-state index in [1.165, 1.54) is 12.8 Å². The van der Waals surface area contributed by atoms with Gasteiger partial charge in [0.25, 0.3) is 0 Å². The Balaban J connectivity index is 1.85. The van der Waals surface area contributed by atoms with Gasteiger partial charge in [-0.2, -0.15) is 0 Å². The van der Waals surface area contributed by atoms with Crippen LogP contribution in [0.4, 0.5) is 0 Å². The summed E-state index contributed by atoms with van der Waals surface area (Å²) in [6, 6.07) is 0. The van der Waals surface area contributed by atoms with Crippen molar-refractivity contribution < 1.29 is 19.0 Å². The van der Waals surface area contributed by atoms with Crippen LogP contribution in [0.3, 0.4) is 0 Å². The number of hydrogen-bond donors (Lipinski definition) is 0. The van der Waals surface area contributed by atoms with Crippen LogP contribution in [-0.4, -0.2) is 37.5 Å². The number of esters is 1. The van der Waals surface area contributed by atoms with Gasteiger partial charge >= 0.3 is 5.97 Å². The molecule has 0 aromatic rings. The highest BCUT2D eigenvalue weighted by Crippen LogP contribution is 2.38. The van der Waals surface area contributed by atoms with E-state index >= 15 is 0 Å². The number of unbranched alkanes of at least 4 members (excludes halogenated alkanes) is 2. The van der Waals surface area contributed by atoms with E-state index in [1.807, 2.05) is 13.0 Å². The Morgan fingerprint density at radius 3 is 3.00 bits per heavy atom. The van der Waals surface area contributed by atoms with Crippen molar-refractivity contribution in [2.75, 3.05) is 13.2 Å². The number of ether oxygens (including phenoxy) is 3. The zero-order valence-electron chi connectivity index (χ0n) is 11.2. The molecule has 0 N–H and O–H groups in total. The third-order valence-corrected chi connectivity index (χ3v) is 3.33. The SMILES string of the molecule is CCCCCOC1C=C(C(=O)OCC)CC2OC12. The minimum Gasteiger partial charge on any atom is -0.463 e. The van der Waals surface area contributed by atoms with Crippen molar-refractivity contribution in [3.63, 3.8) is 0 Å². The molecule has 0 spiro atoms. The molecule has 18 heavy (non-hydrogen) atoms. The summed E-state index contributed by atoms with van der Waals surface area (Å²) in [5, 5.41) is 0. The van der Waals surface area contributed by atoms with Gasteiger partial charge in [-0.25, -0.2) is 4.79 Å². The molecule has 1 heterocycles. The highest BCUT2D eigenvalue weighted by Gasteiger charge is 2.49. The molecule has 102 valence electrons. The molecule has 4 nitrogen and oxygen atoms in total. The van der Waals surface area contributed by atoms with Gasteiger partial charge in [0, 0.05) is 18.6 Å². The molecular formula is C14H22O4. The van der Waals surface area contributed by atoms with Gasteiger partial charge in [0.15, 0.2) is 0 Å². The van der Waals surface area contributed by atoms with Crippen molar-refractivity contribution in [2.24, 2.45) is 0 Å². The first-order valence-electron chi connectivity index (χ1n) is 6.91. The van der Waals surface area contributed by atoms with Crippen LogP contribution < -0.4 is 0 Å². The fourth-order valence-electron chi connectivity index (χ4n) is 2.28. The molecule has 0 amide bonds. The first-order chi connectivity index (χ1) is 8.76. The average molecular weight is 254 g/mol. The van der Waals surface area contributed by atoms with E-state index in [0.717, 1.165) is 13.0 Å². The first-order valence-corrected chi connectivity index (χ1v) is 6.91. The lowest BCUT2D eigenvalue weighted by atomic mass is 9.97. The lowest BCUT2D eigenvalue weighted by Gasteiger charge is -2.17. The minimum atomic E-state index is -0.228. The Kier molecular flexibility index (Phi) is 4.78. The fourth-order valence-corrected chi connectivity index (χ4v) is 2.28. The van der Waals surface area contributed by atoms with E-state index in [2.05, 4.69) is 6.92 Å². The number of fused-ring (bicyclic) bond motifs is 1. The summed E-state index contributed by atoms with van der Waals surface area (Å²) in [5.74, 6) is -0.228. The van der Waals surface area contributed by atoms with Crippen LogP contribution in [0.2, 0.25) is 0 Å². The maximum atomic E-state index is 11.7. The van der Waals surface area contributed by atoms with Gasteiger partial charge in [0.05, 0.1) is 12.7 Å². The van der Waals surface area contributed by atoms with Crippen LogP contribution in [-0.2, 0) is 19.0 Å². The summed E-state index contributed by atoms with van der Waals surface area (Å²) >= 11 is 0. The molecule has 3 atom stereocenters. The summed E-state index contributed by atoms with van der Waals surface area (Å²) in [5.41, 5.74) is 0.705. The van der Waals surface area contributed by atoms with Crippen LogP contribution in [0.5, 0.6) is 0 Å². The normalized spacial score (nSPS) is 29.4. The maximum Gasteiger partial charge on any atom is 0.333 e. The molecule has 0 radical (unpaired) electrons. The summed E-state index contributed by atoms with van der Waals surface area (Å²) in [7, 11) is 0. The molecule has 3 unspecified atom stereocenters. The number of epoxide rings is 1. The van der Waals surface area contributed by atoms with Crippen molar-refractivity contribution in [3.8, 4) is 0 Å². The van der Waals surface area contributed by atoms with Gasteiger partial charge in [-0.1, -0.05) is 19.8 Å². The Hall–Kier alpha value is -0.870. The zero-order chi connectivity index (χ0) is 13.0. The number of rotatable bonds is 7. The van der Waals surface area contributed by atoms with E-state index in [9.17, 15) is 4.79 Å². The molecular weight excluding hydrogens is 232 g/mol. The molecule has 0 aromatic carbocycles. The van der Waals surface area contributed by atoms with Crippen LogP contribution in [0.15, 0.2) is 11.6 Å². The largest absolute Gasteiger partial charge is 0.463 e. The second kappa shape index (κ2) is 6.34. The van der Waals surface area contributed by atoms with Crippen LogP contribution in [0.1, 0.15) is 39.5 Å². The lowest BCUT2D eigenvalue weighted by molar-refractivity contribution is -0.138. The molecule has 2 aliphatic rings. The van der Waals surface area contributed by atoms with E-state index in [1.54, 1.807) is 0 Å². The first kappa shape index (κ1) is 13.6. The molecule has 0 aromatic heterocycles. The standard InChI is InChI=1S/C14H22O4/c1-3-5-6-7-17-11-8-10(14(15)16-4-2)9-12-13(11)18-12/h8,11-13H,3-7,9H2,1-2H3. The van der Waals surface area contributed by atoms with Crippen LogP contribution in [0.25, 0.3) is 0 Å². The van der Waals surface area contributed by atoms with Crippen LogP contribution >= 0.6 is 0 Å². The predicted octanol–water partition coefficient (Wildman–Crippen LogP) is 2.22. The molecule has 2 rings (SSSR count). The van der Waals surface area contributed by atoms with E-state index < -0.39 is 0 Å². The van der Waals surface area contributed by atoms with Gasteiger partial charge in [-0.05, 0) is 19.4 Å². The Labute approximate surface area is 108 Å². The molecule has 1 fully saturated rings. The van der Waals surface area contributed by atoms with Gasteiger partial charge in [0.2, 0.25) is 0 Å². The maximum absolute atomic E-state index is 11.7. The van der Waals surface area contributed by atoms with Gasteiger partial charge in [-0.3, -0.25) is 0 Å². The zero-order valence-corrected chi connectivity index (χ0v) is 11.2. The summed E-state index contributed by atoms with van der Waals surface area (Å²) < 4.78 is 16.3. The van der Waals surface area contributed by atoms with Crippen molar-refractivity contribution >= 4 is 5.97 Å². The van der Waals surface area contributed by atoms with Crippen molar-refractivity contribution in [3.05, 3.63) is 11.6 Å². The summed E-state index contributed by atoms with van der Waals surface area (Å²) in [6.45, 7) is 5.13. The highest BCUT2D eigenvalue weighted by atomic mass is 16.6. The minimum absolute atomic E-state index is 0.0694. The Bertz CT molecular complexity index is 324. The molecule has 4 heteroatoms. The number of hydrogen-bond acceptors (Lipinski definition) is 4. The topological polar surface area (TPSA) is 48.1 Å². The number of carbonyl (C=O) groups excluding carboxylic acids is 1. The summed E-state index contributed by atoms with van der Waals surface area (Å²) in [4.78, 5) is 11.7. The third kappa shape index (κ3) is 3.33. The monoisotopic (exact) mass is 254 g/mol. The third-order valence-electron chi connectivity index (χ3n) is 3.33. The molecule has 1 aliphatic heterocycles. The highest BCUT2D eigenvalue weighted by molar-refractivity contribution is 5.89. The lowest BCUT2D eigenvalue weighted by Crippen LogP contribution is -2.26. The molecule has 1 saturated heterocycles. The fraction of sp³-hybridized carbons (Fsp3) is 0.786. The Morgan fingerprint density at radius 2 is 2.28 bits per heavy atom. The number of carbonyl (C=O) groups is 1. The van der Waals surface area contributed by atoms with E-state index in [0.29, 0.717) is 18.6 Å². The summed E-state index contributed by atoms with van der Waals surface area (Å²) in [6.07, 6.45) is 6.22. The molecule has 0 bridgehead atoms. The van der Waals surface area contributed by atoms with E-state index in [-0.39, 0.29) is 24.3 Å². The average Bonchev–Trinajstić information content (AvgIpc) is 3.14. The molecule has 0 saturated carbocycles. The quantitative estimate of drug-likeness (QED) is 0.397. The van der Waals surface area contributed by atoms with Crippen molar-refractivity contribution in [1.82, 2.24) is 0 Å². The Morgan fingerprint density at radius 1 is 1.44 bits per heavy atom. The predicted molar refractivity (Wildman–Crippen MR) is 67.3 cm³/mol. The van der Waals surface area contributed by atoms with E-state index in [4.69, 9.17) is 14.2 Å². The second-order valence-electron chi connectivity index (χ2n) is 4.80.